The monoisotopic (exact) mass is 289 g/mol. The Hall–Kier alpha value is -2.34. The van der Waals surface area contributed by atoms with Gasteiger partial charge < -0.3 is 15.5 Å². The summed E-state index contributed by atoms with van der Waals surface area (Å²) in [6, 6.07) is 4.80. The first-order valence-electron chi connectivity index (χ1n) is 6.59. The molecular weight excluding hydrogens is 270 g/mol. The second-order valence-electron chi connectivity index (χ2n) is 5.38. The molecule has 1 aromatic heterocycles. The summed E-state index contributed by atoms with van der Waals surface area (Å²) in [5.41, 5.74) is 0.441. The number of aromatic nitrogens is 2. The van der Waals surface area contributed by atoms with Gasteiger partial charge in [0.25, 0.3) is 5.91 Å². The molecule has 21 heavy (non-hydrogen) atoms. The lowest BCUT2D eigenvalue weighted by Crippen LogP contribution is -2.38. The van der Waals surface area contributed by atoms with Crippen LogP contribution in [-0.2, 0) is 12.6 Å². The lowest BCUT2D eigenvalue weighted by Gasteiger charge is -2.22. The fourth-order valence-corrected chi connectivity index (χ4v) is 1.98. The maximum atomic E-state index is 12.1. The summed E-state index contributed by atoms with van der Waals surface area (Å²) in [5, 5.41) is 26.7. The van der Waals surface area contributed by atoms with Gasteiger partial charge in [-0.15, -0.1) is 0 Å². The fraction of sp³-hybridized carbons (Fsp3) is 0.333. The molecule has 6 nitrogen and oxygen atoms in total. The van der Waals surface area contributed by atoms with Crippen LogP contribution < -0.4 is 5.32 Å². The van der Waals surface area contributed by atoms with Gasteiger partial charge in [-0.1, -0.05) is 11.6 Å². The molecule has 0 spiro atoms. The summed E-state index contributed by atoms with van der Waals surface area (Å²) in [5.74, 6) is -0.514. The van der Waals surface area contributed by atoms with E-state index < -0.39 is 11.5 Å². The molecule has 0 saturated heterocycles. The van der Waals surface area contributed by atoms with E-state index >= 15 is 0 Å². The molecule has 1 aromatic carbocycles. The number of nitrogens with zero attached hydrogens (tertiary/aromatic N) is 2. The SMILES string of the molecule is Cc1ccc(O)c(C(=O)NCC(C)(O)c2cnn(C)c2)c1. The highest BCUT2D eigenvalue weighted by atomic mass is 16.3. The van der Waals surface area contributed by atoms with Gasteiger partial charge in [0.2, 0.25) is 0 Å². The Morgan fingerprint density at radius 1 is 1.48 bits per heavy atom. The van der Waals surface area contributed by atoms with Crippen molar-refractivity contribution in [3.63, 3.8) is 0 Å². The third kappa shape index (κ3) is 3.41. The Labute approximate surface area is 123 Å². The van der Waals surface area contributed by atoms with Gasteiger partial charge in [-0.2, -0.15) is 5.10 Å². The van der Waals surface area contributed by atoms with Crippen LogP contribution in [0, 0.1) is 6.92 Å². The second-order valence-corrected chi connectivity index (χ2v) is 5.38. The molecule has 0 aliphatic rings. The molecular formula is C15H19N3O3. The molecule has 1 atom stereocenters. The van der Waals surface area contributed by atoms with Crippen LogP contribution in [0.5, 0.6) is 5.75 Å². The number of benzene rings is 1. The Morgan fingerprint density at radius 2 is 2.19 bits per heavy atom. The standard InChI is InChI=1S/C15H19N3O3/c1-10-4-5-13(19)12(6-10)14(20)16-9-15(2,21)11-7-17-18(3)8-11/h4-8,19,21H,9H2,1-3H3,(H,16,20). The first-order valence-corrected chi connectivity index (χ1v) is 6.59. The number of carbonyl (C=O) groups is 1. The van der Waals surface area contributed by atoms with Gasteiger partial charge in [-0.25, -0.2) is 0 Å². The normalized spacial score (nSPS) is 13.7. The van der Waals surface area contributed by atoms with E-state index in [4.69, 9.17) is 0 Å². The number of phenols is 1. The molecule has 3 N–H and O–H groups in total. The Morgan fingerprint density at radius 3 is 2.81 bits per heavy atom. The van der Waals surface area contributed by atoms with Gasteiger partial charge in [-0.3, -0.25) is 9.48 Å². The van der Waals surface area contributed by atoms with Crippen LogP contribution in [0.4, 0.5) is 0 Å². The zero-order valence-electron chi connectivity index (χ0n) is 12.3. The summed E-state index contributed by atoms with van der Waals surface area (Å²) in [6.07, 6.45) is 3.24. The van der Waals surface area contributed by atoms with Crippen LogP contribution in [0.25, 0.3) is 0 Å². The van der Waals surface area contributed by atoms with E-state index in [1.54, 1.807) is 43.2 Å². The number of rotatable bonds is 4. The lowest BCUT2D eigenvalue weighted by molar-refractivity contribution is 0.0525. The van der Waals surface area contributed by atoms with Crippen molar-refractivity contribution in [2.75, 3.05) is 6.54 Å². The molecule has 6 heteroatoms. The number of carbonyl (C=O) groups excluding carboxylic acids is 1. The topological polar surface area (TPSA) is 87.4 Å². The minimum Gasteiger partial charge on any atom is -0.507 e. The van der Waals surface area contributed by atoms with Crippen LogP contribution in [0.15, 0.2) is 30.6 Å². The zero-order valence-corrected chi connectivity index (χ0v) is 12.3. The van der Waals surface area contributed by atoms with Crippen molar-refractivity contribution in [2.45, 2.75) is 19.4 Å². The largest absolute Gasteiger partial charge is 0.507 e. The predicted octanol–water partition coefficient (Wildman–Crippen LogP) is 1.07. The zero-order chi connectivity index (χ0) is 15.6. The highest BCUT2D eigenvalue weighted by molar-refractivity contribution is 5.97. The van der Waals surface area contributed by atoms with Crippen LogP contribution in [-0.4, -0.2) is 32.4 Å². The number of aliphatic hydroxyl groups is 1. The minimum atomic E-state index is -1.23. The summed E-state index contributed by atoms with van der Waals surface area (Å²) < 4.78 is 1.58. The Balaban J connectivity index is 2.08. The molecule has 0 saturated carbocycles. The van der Waals surface area contributed by atoms with Crippen molar-refractivity contribution in [3.8, 4) is 5.75 Å². The van der Waals surface area contributed by atoms with Gasteiger partial charge >= 0.3 is 0 Å². The molecule has 1 heterocycles. The maximum absolute atomic E-state index is 12.1. The quantitative estimate of drug-likeness (QED) is 0.785. The maximum Gasteiger partial charge on any atom is 0.255 e. The second kappa shape index (κ2) is 5.57. The van der Waals surface area contributed by atoms with E-state index in [1.165, 1.54) is 6.07 Å². The minimum absolute atomic E-state index is 0.0188. The van der Waals surface area contributed by atoms with Crippen molar-refractivity contribution < 1.29 is 15.0 Å². The van der Waals surface area contributed by atoms with Crippen molar-refractivity contribution in [3.05, 3.63) is 47.3 Å². The van der Waals surface area contributed by atoms with Crippen molar-refractivity contribution in [1.29, 1.82) is 0 Å². The van der Waals surface area contributed by atoms with Crippen LogP contribution in [0.1, 0.15) is 28.4 Å². The summed E-state index contributed by atoms with van der Waals surface area (Å²) in [6.45, 7) is 3.45. The van der Waals surface area contributed by atoms with Crippen molar-refractivity contribution >= 4 is 5.91 Å². The van der Waals surface area contributed by atoms with E-state index in [2.05, 4.69) is 10.4 Å². The van der Waals surface area contributed by atoms with Gasteiger partial charge in [0, 0.05) is 18.8 Å². The first-order chi connectivity index (χ1) is 9.79. The lowest BCUT2D eigenvalue weighted by atomic mass is 9.99. The molecule has 0 fully saturated rings. The molecule has 0 aliphatic carbocycles. The smallest absolute Gasteiger partial charge is 0.255 e. The average molecular weight is 289 g/mol. The van der Waals surface area contributed by atoms with Crippen molar-refractivity contribution in [1.82, 2.24) is 15.1 Å². The van der Waals surface area contributed by atoms with Crippen molar-refractivity contribution in [2.24, 2.45) is 7.05 Å². The molecule has 0 bridgehead atoms. The van der Waals surface area contributed by atoms with Gasteiger partial charge in [-0.05, 0) is 26.0 Å². The van der Waals surface area contributed by atoms with E-state index in [9.17, 15) is 15.0 Å². The first kappa shape index (κ1) is 15.1. The molecule has 2 aromatic rings. The van der Waals surface area contributed by atoms with E-state index in [0.717, 1.165) is 5.56 Å². The summed E-state index contributed by atoms with van der Waals surface area (Å²) in [7, 11) is 1.75. The average Bonchev–Trinajstić information content (AvgIpc) is 2.86. The molecule has 0 radical (unpaired) electrons. The molecule has 1 unspecified atom stereocenters. The third-order valence-electron chi connectivity index (χ3n) is 3.32. The van der Waals surface area contributed by atoms with Gasteiger partial charge in [0.05, 0.1) is 18.3 Å². The number of nitrogens with one attached hydrogen (secondary N) is 1. The van der Waals surface area contributed by atoms with E-state index in [0.29, 0.717) is 5.56 Å². The number of hydrogen-bond acceptors (Lipinski definition) is 4. The number of phenolic OH excluding ortho intramolecular Hbond substituents is 1. The number of aryl methyl sites for hydroxylation is 2. The van der Waals surface area contributed by atoms with Crippen LogP contribution in [0.3, 0.4) is 0 Å². The van der Waals surface area contributed by atoms with Gasteiger partial charge in [0.1, 0.15) is 11.4 Å². The number of amides is 1. The molecule has 1 amide bonds. The third-order valence-corrected chi connectivity index (χ3v) is 3.32. The highest BCUT2D eigenvalue weighted by Crippen LogP contribution is 2.21. The summed E-state index contributed by atoms with van der Waals surface area (Å²) >= 11 is 0. The predicted molar refractivity (Wildman–Crippen MR) is 78.0 cm³/mol. The molecule has 112 valence electrons. The van der Waals surface area contributed by atoms with Crippen LogP contribution in [0.2, 0.25) is 0 Å². The van der Waals surface area contributed by atoms with Crippen LogP contribution >= 0.6 is 0 Å². The number of hydrogen-bond donors (Lipinski definition) is 3. The summed E-state index contributed by atoms with van der Waals surface area (Å²) in [4.78, 5) is 12.1. The van der Waals surface area contributed by atoms with E-state index in [-0.39, 0.29) is 17.9 Å². The molecule has 2 rings (SSSR count). The highest BCUT2D eigenvalue weighted by Gasteiger charge is 2.26. The van der Waals surface area contributed by atoms with E-state index in [1.807, 2.05) is 6.92 Å². The Bertz CT molecular complexity index is 662. The molecule has 0 aliphatic heterocycles. The van der Waals surface area contributed by atoms with Gasteiger partial charge in [0.15, 0.2) is 0 Å². The Kier molecular flexibility index (Phi) is 3.99. The number of aromatic hydroxyl groups is 1. The fourth-order valence-electron chi connectivity index (χ4n) is 1.98.